The van der Waals surface area contributed by atoms with Crippen molar-refractivity contribution in [1.82, 2.24) is 10.3 Å². The number of rotatable bonds is 9. The van der Waals surface area contributed by atoms with Crippen LogP contribution in [-0.2, 0) is 11.3 Å². The van der Waals surface area contributed by atoms with Crippen molar-refractivity contribution in [2.45, 2.75) is 47.2 Å². The molecule has 0 bridgehead atoms. The third-order valence-corrected chi connectivity index (χ3v) is 3.30. The van der Waals surface area contributed by atoms with Crippen LogP contribution in [0.25, 0.3) is 0 Å². The van der Waals surface area contributed by atoms with Gasteiger partial charge in [0.2, 0.25) is 0 Å². The quantitative estimate of drug-likeness (QED) is 0.705. The minimum atomic E-state index is 0.493. The van der Waals surface area contributed by atoms with E-state index in [1.807, 2.05) is 6.92 Å². The van der Waals surface area contributed by atoms with Gasteiger partial charge >= 0.3 is 0 Å². The summed E-state index contributed by atoms with van der Waals surface area (Å²) in [6.45, 7) is 14.8. The molecule has 0 fully saturated rings. The van der Waals surface area contributed by atoms with Crippen molar-refractivity contribution >= 4 is 5.82 Å². The lowest BCUT2D eigenvalue weighted by Gasteiger charge is -2.23. The second-order valence-corrected chi connectivity index (χ2v) is 5.23. The van der Waals surface area contributed by atoms with Gasteiger partial charge in [0.05, 0.1) is 6.61 Å². The van der Waals surface area contributed by atoms with Crippen LogP contribution in [0.3, 0.4) is 0 Å². The Hall–Kier alpha value is -1.13. The molecule has 0 amide bonds. The summed E-state index contributed by atoms with van der Waals surface area (Å²) in [5.74, 6) is 1.04. The number of nitrogens with one attached hydrogen (secondary N) is 1. The molecule has 20 heavy (non-hydrogen) atoms. The average Bonchev–Trinajstić information content (AvgIpc) is 2.42. The largest absolute Gasteiger partial charge is 0.380 e. The fraction of sp³-hybridized carbons (Fsp3) is 0.688. The van der Waals surface area contributed by atoms with E-state index in [4.69, 9.17) is 9.72 Å². The van der Waals surface area contributed by atoms with Crippen molar-refractivity contribution in [2.24, 2.45) is 0 Å². The first-order valence-corrected chi connectivity index (χ1v) is 7.61. The van der Waals surface area contributed by atoms with Gasteiger partial charge in [-0.1, -0.05) is 19.9 Å². The SMILES string of the molecule is CCOCCN(CC)c1ccc(CNC(C)C)c(C)n1. The third-order valence-electron chi connectivity index (χ3n) is 3.30. The Kier molecular flexibility index (Phi) is 7.55. The van der Waals surface area contributed by atoms with Crippen LogP contribution in [0.2, 0.25) is 0 Å². The fourth-order valence-electron chi connectivity index (χ4n) is 2.01. The van der Waals surface area contributed by atoms with Gasteiger partial charge in [0.25, 0.3) is 0 Å². The Balaban J connectivity index is 2.68. The number of aryl methyl sites for hydroxylation is 1. The molecule has 4 heteroatoms. The summed E-state index contributed by atoms with van der Waals surface area (Å²) >= 11 is 0. The lowest BCUT2D eigenvalue weighted by Crippen LogP contribution is -2.28. The maximum atomic E-state index is 5.43. The Morgan fingerprint density at radius 1 is 1.30 bits per heavy atom. The van der Waals surface area contributed by atoms with Gasteiger partial charge in [-0.3, -0.25) is 0 Å². The molecule has 0 aliphatic carbocycles. The van der Waals surface area contributed by atoms with Crippen molar-refractivity contribution < 1.29 is 4.74 Å². The molecule has 0 aromatic carbocycles. The molecule has 1 N–H and O–H groups in total. The van der Waals surface area contributed by atoms with Crippen molar-refractivity contribution in [3.05, 3.63) is 23.4 Å². The summed E-state index contributed by atoms with van der Waals surface area (Å²) in [6, 6.07) is 4.78. The van der Waals surface area contributed by atoms with Crippen LogP contribution in [-0.4, -0.2) is 37.3 Å². The van der Waals surface area contributed by atoms with Crippen molar-refractivity contribution in [2.75, 3.05) is 31.2 Å². The number of ether oxygens (including phenoxy) is 1. The number of aromatic nitrogens is 1. The Labute approximate surface area is 123 Å². The lowest BCUT2D eigenvalue weighted by molar-refractivity contribution is 0.154. The van der Waals surface area contributed by atoms with E-state index in [1.54, 1.807) is 0 Å². The standard InChI is InChI=1S/C16H29N3O/c1-6-19(10-11-20-7-2)16-9-8-15(14(5)18-16)12-17-13(3)4/h8-9,13,17H,6-7,10-12H2,1-5H3. The second kappa shape index (κ2) is 8.93. The molecule has 0 atom stereocenters. The van der Waals surface area contributed by atoms with Crippen LogP contribution in [0.15, 0.2) is 12.1 Å². The summed E-state index contributed by atoms with van der Waals surface area (Å²) in [5, 5.41) is 3.43. The van der Waals surface area contributed by atoms with E-state index < -0.39 is 0 Å². The predicted octanol–water partition coefficient (Wildman–Crippen LogP) is 2.75. The number of hydrogen-bond acceptors (Lipinski definition) is 4. The minimum absolute atomic E-state index is 0.493. The van der Waals surface area contributed by atoms with E-state index >= 15 is 0 Å². The van der Waals surface area contributed by atoms with Gasteiger partial charge in [0.1, 0.15) is 5.82 Å². The molecule has 114 valence electrons. The zero-order valence-corrected chi connectivity index (χ0v) is 13.6. The first-order valence-electron chi connectivity index (χ1n) is 7.61. The Bertz CT molecular complexity index is 393. The summed E-state index contributed by atoms with van der Waals surface area (Å²) in [4.78, 5) is 6.98. The van der Waals surface area contributed by atoms with E-state index in [-0.39, 0.29) is 0 Å². The maximum absolute atomic E-state index is 5.43. The molecule has 4 nitrogen and oxygen atoms in total. The highest BCUT2D eigenvalue weighted by Crippen LogP contribution is 2.15. The van der Waals surface area contributed by atoms with Crippen LogP contribution in [0.4, 0.5) is 5.82 Å². The van der Waals surface area contributed by atoms with E-state index in [0.717, 1.165) is 44.4 Å². The molecule has 0 aliphatic heterocycles. The van der Waals surface area contributed by atoms with Gasteiger partial charge in [-0.2, -0.15) is 0 Å². The van der Waals surface area contributed by atoms with Gasteiger partial charge in [0.15, 0.2) is 0 Å². The topological polar surface area (TPSA) is 37.4 Å². The summed E-state index contributed by atoms with van der Waals surface area (Å²) in [5.41, 5.74) is 2.37. The van der Waals surface area contributed by atoms with Gasteiger partial charge in [-0.25, -0.2) is 4.98 Å². The Morgan fingerprint density at radius 2 is 2.05 bits per heavy atom. The smallest absolute Gasteiger partial charge is 0.128 e. The number of anilines is 1. The molecule has 0 saturated heterocycles. The average molecular weight is 279 g/mol. The molecular weight excluding hydrogens is 250 g/mol. The zero-order valence-electron chi connectivity index (χ0n) is 13.6. The van der Waals surface area contributed by atoms with Gasteiger partial charge in [-0.05, 0) is 32.4 Å². The van der Waals surface area contributed by atoms with Gasteiger partial charge in [0, 0.05) is 38.0 Å². The van der Waals surface area contributed by atoms with Crippen LogP contribution < -0.4 is 10.2 Å². The molecule has 0 unspecified atom stereocenters. The molecule has 1 aromatic rings. The monoisotopic (exact) mass is 279 g/mol. The number of likely N-dealkylation sites (N-methyl/N-ethyl adjacent to an activating group) is 1. The Morgan fingerprint density at radius 3 is 2.60 bits per heavy atom. The van der Waals surface area contributed by atoms with Crippen LogP contribution in [0.1, 0.15) is 39.0 Å². The van der Waals surface area contributed by atoms with E-state index in [9.17, 15) is 0 Å². The van der Waals surface area contributed by atoms with Crippen LogP contribution >= 0.6 is 0 Å². The highest BCUT2D eigenvalue weighted by atomic mass is 16.5. The predicted molar refractivity (Wildman–Crippen MR) is 85.3 cm³/mol. The molecule has 0 radical (unpaired) electrons. The fourth-order valence-corrected chi connectivity index (χ4v) is 2.01. The number of hydrogen-bond donors (Lipinski definition) is 1. The zero-order chi connectivity index (χ0) is 15.0. The molecule has 0 aliphatic rings. The summed E-state index contributed by atoms with van der Waals surface area (Å²) in [7, 11) is 0. The van der Waals surface area contributed by atoms with Crippen LogP contribution in [0.5, 0.6) is 0 Å². The normalized spacial score (nSPS) is 11.1. The molecular formula is C16H29N3O. The van der Waals surface area contributed by atoms with Crippen molar-refractivity contribution in [3.63, 3.8) is 0 Å². The molecule has 1 rings (SSSR count). The molecule has 1 aromatic heterocycles. The van der Waals surface area contributed by atoms with Gasteiger partial charge < -0.3 is 15.0 Å². The van der Waals surface area contributed by atoms with E-state index in [1.165, 1.54) is 5.56 Å². The first-order chi connectivity index (χ1) is 9.58. The molecule has 1 heterocycles. The van der Waals surface area contributed by atoms with E-state index in [2.05, 4.69) is 50.0 Å². The highest BCUT2D eigenvalue weighted by molar-refractivity contribution is 5.41. The van der Waals surface area contributed by atoms with Gasteiger partial charge in [-0.15, -0.1) is 0 Å². The second-order valence-electron chi connectivity index (χ2n) is 5.23. The maximum Gasteiger partial charge on any atom is 0.128 e. The lowest BCUT2D eigenvalue weighted by atomic mass is 10.2. The van der Waals surface area contributed by atoms with Crippen molar-refractivity contribution in [1.29, 1.82) is 0 Å². The number of nitrogens with zero attached hydrogens (tertiary/aromatic N) is 2. The highest BCUT2D eigenvalue weighted by Gasteiger charge is 2.08. The molecule has 0 saturated carbocycles. The molecule has 0 spiro atoms. The minimum Gasteiger partial charge on any atom is -0.380 e. The third kappa shape index (κ3) is 5.47. The van der Waals surface area contributed by atoms with E-state index in [0.29, 0.717) is 6.04 Å². The first kappa shape index (κ1) is 16.9. The summed E-state index contributed by atoms with van der Waals surface area (Å²) < 4.78 is 5.43. The summed E-state index contributed by atoms with van der Waals surface area (Å²) in [6.07, 6.45) is 0. The number of pyridine rings is 1. The van der Waals surface area contributed by atoms with Crippen LogP contribution in [0, 0.1) is 6.92 Å². The van der Waals surface area contributed by atoms with Crippen molar-refractivity contribution in [3.8, 4) is 0 Å².